The van der Waals surface area contributed by atoms with Gasteiger partial charge in [-0.1, -0.05) is 42.0 Å². The summed E-state index contributed by atoms with van der Waals surface area (Å²) in [4.78, 5) is 16.6. The molecule has 0 spiro atoms. The van der Waals surface area contributed by atoms with Crippen molar-refractivity contribution in [3.05, 3.63) is 84.1 Å². The lowest BCUT2D eigenvalue weighted by molar-refractivity contribution is 0.102. The number of anilines is 1. The summed E-state index contributed by atoms with van der Waals surface area (Å²) < 4.78 is 0. The first kappa shape index (κ1) is 14.0. The Hall–Kier alpha value is -2.94. The molecule has 0 aliphatic rings. The molecule has 3 aromatic rings. The highest BCUT2D eigenvalue weighted by molar-refractivity contribution is 6.04. The SMILES string of the molecule is Cc1cccc(-c2ccc(C(=O)Nc3ccccc3)cn2)c1. The van der Waals surface area contributed by atoms with Crippen LogP contribution in [0.2, 0.25) is 0 Å². The third-order valence-corrected chi connectivity index (χ3v) is 3.37. The third kappa shape index (κ3) is 3.20. The van der Waals surface area contributed by atoms with E-state index in [0.717, 1.165) is 16.9 Å². The van der Waals surface area contributed by atoms with Crippen LogP contribution in [0.3, 0.4) is 0 Å². The van der Waals surface area contributed by atoms with E-state index in [9.17, 15) is 4.79 Å². The Morgan fingerprint density at radius 1 is 0.955 bits per heavy atom. The highest BCUT2D eigenvalue weighted by Crippen LogP contribution is 2.18. The molecule has 22 heavy (non-hydrogen) atoms. The zero-order valence-corrected chi connectivity index (χ0v) is 12.3. The van der Waals surface area contributed by atoms with Gasteiger partial charge in [0.25, 0.3) is 5.91 Å². The molecule has 0 unspecified atom stereocenters. The quantitative estimate of drug-likeness (QED) is 0.780. The Labute approximate surface area is 129 Å². The zero-order valence-electron chi connectivity index (χ0n) is 12.3. The Bertz CT molecular complexity index is 780. The number of benzene rings is 2. The Morgan fingerprint density at radius 2 is 1.77 bits per heavy atom. The molecule has 0 bridgehead atoms. The Kier molecular flexibility index (Phi) is 3.97. The van der Waals surface area contributed by atoms with Crippen LogP contribution in [0, 0.1) is 6.92 Å². The van der Waals surface area contributed by atoms with Gasteiger partial charge in [-0.15, -0.1) is 0 Å². The highest BCUT2D eigenvalue weighted by Gasteiger charge is 2.07. The summed E-state index contributed by atoms with van der Waals surface area (Å²) in [5.41, 5.74) is 4.41. The molecule has 1 amide bonds. The van der Waals surface area contributed by atoms with Gasteiger partial charge in [-0.3, -0.25) is 9.78 Å². The molecule has 3 rings (SSSR count). The maximum Gasteiger partial charge on any atom is 0.257 e. The van der Waals surface area contributed by atoms with Crippen molar-refractivity contribution in [1.82, 2.24) is 4.98 Å². The van der Waals surface area contributed by atoms with Crippen molar-refractivity contribution in [1.29, 1.82) is 0 Å². The van der Waals surface area contributed by atoms with E-state index in [-0.39, 0.29) is 5.91 Å². The van der Waals surface area contributed by atoms with Crippen LogP contribution in [-0.4, -0.2) is 10.9 Å². The first-order valence-corrected chi connectivity index (χ1v) is 7.12. The number of aryl methyl sites for hydroxylation is 1. The van der Waals surface area contributed by atoms with E-state index >= 15 is 0 Å². The van der Waals surface area contributed by atoms with Crippen molar-refractivity contribution in [3.8, 4) is 11.3 Å². The van der Waals surface area contributed by atoms with Gasteiger partial charge >= 0.3 is 0 Å². The van der Waals surface area contributed by atoms with Crippen molar-refractivity contribution in [2.24, 2.45) is 0 Å². The maximum absolute atomic E-state index is 12.2. The number of nitrogens with zero attached hydrogens (tertiary/aromatic N) is 1. The molecule has 0 atom stereocenters. The number of aromatic nitrogens is 1. The first-order valence-electron chi connectivity index (χ1n) is 7.12. The normalized spacial score (nSPS) is 10.2. The summed E-state index contributed by atoms with van der Waals surface area (Å²) in [6, 6.07) is 21.2. The monoisotopic (exact) mass is 288 g/mol. The predicted octanol–water partition coefficient (Wildman–Crippen LogP) is 4.31. The van der Waals surface area contributed by atoms with Gasteiger partial charge in [-0.05, 0) is 37.3 Å². The molecule has 0 fully saturated rings. The number of nitrogens with one attached hydrogen (secondary N) is 1. The summed E-state index contributed by atoms with van der Waals surface area (Å²) in [5.74, 6) is -0.158. The van der Waals surface area contributed by atoms with Crippen LogP contribution in [0.15, 0.2) is 72.9 Å². The van der Waals surface area contributed by atoms with Crippen molar-refractivity contribution in [3.63, 3.8) is 0 Å². The van der Waals surface area contributed by atoms with Gasteiger partial charge in [0.05, 0.1) is 11.3 Å². The van der Waals surface area contributed by atoms with Gasteiger partial charge in [-0.2, -0.15) is 0 Å². The van der Waals surface area contributed by atoms with Crippen LogP contribution in [-0.2, 0) is 0 Å². The molecule has 0 saturated carbocycles. The second-order valence-electron chi connectivity index (χ2n) is 5.12. The summed E-state index contributed by atoms with van der Waals surface area (Å²) in [6.45, 7) is 2.05. The molecular weight excluding hydrogens is 272 g/mol. The van der Waals surface area contributed by atoms with Crippen LogP contribution in [0.4, 0.5) is 5.69 Å². The summed E-state index contributed by atoms with van der Waals surface area (Å²) in [5, 5.41) is 2.85. The van der Waals surface area contributed by atoms with E-state index in [2.05, 4.69) is 16.4 Å². The maximum atomic E-state index is 12.2. The number of carbonyl (C=O) groups is 1. The van der Waals surface area contributed by atoms with Crippen LogP contribution in [0.25, 0.3) is 11.3 Å². The molecule has 1 heterocycles. The Balaban J connectivity index is 1.78. The van der Waals surface area contributed by atoms with Gasteiger partial charge in [0.2, 0.25) is 0 Å². The van der Waals surface area contributed by atoms with E-state index in [0.29, 0.717) is 5.56 Å². The average Bonchev–Trinajstić information content (AvgIpc) is 2.56. The molecule has 0 aliphatic heterocycles. The van der Waals surface area contributed by atoms with Crippen molar-refractivity contribution < 1.29 is 4.79 Å². The number of pyridine rings is 1. The number of hydrogen-bond acceptors (Lipinski definition) is 2. The van der Waals surface area contributed by atoms with Crippen LogP contribution >= 0.6 is 0 Å². The van der Waals surface area contributed by atoms with E-state index in [1.54, 1.807) is 12.3 Å². The second kappa shape index (κ2) is 6.22. The van der Waals surface area contributed by atoms with E-state index in [4.69, 9.17) is 0 Å². The standard InChI is InChI=1S/C19H16N2O/c1-14-6-5-7-15(12-14)18-11-10-16(13-20-18)19(22)21-17-8-3-2-4-9-17/h2-13H,1H3,(H,21,22). The molecule has 1 aromatic heterocycles. The average molecular weight is 288 g/mol. The minimum atomic E-state index is -0.158. The molecule has 108 valence electrons. The van der Waals surface area contributed by atoms with Gasteiger partial charge < -0.3 is 5.32 Å². The molecule has 1 N–H and O–H groups in total. The number of para-hydroxylation sites is 1. The fourth-order valence-electron chi connectivity index (χ4n) is 2.23. The molecule has 2 aromatic carbocycles. The lowest BCUT2D eigenvalue weighted by atomic mass is 10.1. The van der Waals surface area contributed by atoms with E-state index in [1.807, 2.05) is 61.5 Å². The minimum absolute atomic E-state index is 0.158. The van der Waals surface area contributed by atoms with Gasteiger partial charge in [0.1, 0.15) is 0 Å². The van der Waals surface area contributed by atoms with E-state index in [1.165, 1.54) is 5.56 Å². The van der Waals surface area contributed by atoms with Crippen LogP contribution in [0.1, 0.15) is 15.9 Å². The summed E-state index contributed by atoms with van der Waals surface area (Å²) in [6.07, 6.45) is 1.61. The van der Waals surface area contributed by atoms with E-state index < -0.39 is 0 Å². The van der Waals surface area contributed by atoms with Gasteiger partial charge in [0.15, 0.2) is 0 Å². The van der Waals surface area contributed by atoms with Crippen molar-refractivity contribution >= 4 is 11.6 Å². The number of amides is 1. The lowest BCUT2D eigenvalue weighted by Gasteiger charge is -2.06. The number of hydrogen-bond donors (Lipinski definition) is 1. The highest BCUT2D eigenvalue weighted by atomic mass is 16.1. The smallest absolute Gasteiger partial charge is 0.257 e. The summed E-state index contributed by atoms with van der Waals surface area (Å²) >= 11 is 0. The Morgan fingerprint density at radius 3 is 2.45 bits per heavy atom. The molecule has 0 radical (unpaired) electrons. The number of carbonyl (C=O) groups excluding carboxylic acids is 1. The fraction of sp³-hybridized carbons (Fsp3) is 0.0526. The van der Waals surface area contributed by atoms with Crippen molar-refractivity contribution in [2.45, 2.75) is 6.92 Å². The number of rotatable bonds is 3. The molecule has 0 saturated heterocycles. The van der Waals surface area contributed by atoms with Crippen LogP contribution < -0.4 is 5.32 Å². The van der Waals surface area contributed by atoms with Gasteiger partial charge in [0, 0.05) is 17.4 Å². The lowest BCUT2D eigenvalue weighted by Crippen LogP contribution is -2.12. The summed E-state index contributed by atoms with van der Waals surface area (Å²) in [7, 11) is 0. The minimum Gasteiger partial charge on any atom is -0.322 e. The largest absolute Gasteiger partial charge is 0.322 e. The second-order valence-corrected chi connectivity index (χ2v) is 5.12. The molecule has 3 heteroatoms. The third-order valence-electron chi connectivity index (χ3n) is 3.37. The topological polar surface area (TPSA) is 42.0 Å². The first-order chi connectivity index (χ1) is 10.7. The fourth-order valence-corrected chi connectivity index (χ4v) is 2.23. The predicted molar refractivity (Wildman–Crippen MR) is 88.8 cm³/mol. The molecule has 0 aliphatic carbocycles. The molecular formula is C19H16N2O. The zero-order chi connectivity index (χ0) is 15.4. The van der Waals surface area contributed by atoms with Crippen LogP contribution in [0.5, 0.6) is 0 Å². The molecule has 3 nitrogen and oxygen atoms in total. The van der Waals surface area contributed by atoms with Gasteiger partial charge in [-0.25, -0.2) is 0 Å². The van der Waals surface area contributed by atoms with Crippen molar-refractivity contribution in [2.75, 3.05) is 5.32 Å².